The van der Waals surface area contributed by atoms with Gasteiger partial charge < -0.3 is 0 Å². The molecule has 5 aromatic rings. The Morgan fingerprint density at radius 2 is 1.19 bits per heavy atom. The second-order valence-corrected chi connectivity index (χ2v) is 13.1. The second-order valence-electron chi connectivity index (χ2n) is 7.47. The van der Waals surface area contributed by atoms with Crippen molar-refractivity contribution in [2.45, 2.75) is 6.42 Å². The van der Waals surface area contributed by atoms with Crippen molar-refractivity contribution in [1.29, 1.82) is 0 Å². The Kier molecular flexibility index (Phi) is 8.31. The molecule has 0 amide bonds. The summed E-state index contributed by atoms with van der Waals surface area (Å²) in [6, 6.07) is 49.8. The predicted molar refractivity (Wildman–Crippen MR) is 133 cm³/mol. The number of hydrogen-bond donors (Lipinski definition) is 0. The number of hydrogen-bond acceptors (Lipinski definition) is 0. The third kappa shape index (κ3) is 5.97. The molecule has 152 valence electrons. The maximum absolute atomic E-state index is 3.30. The van der Waals surface area contributed by atoms with E-state index in [1.54, 1.807) is 23.3 Å². The minimum atomic E-state index is -0.455. The van der Waals surface area contributed by atoms with Crippen molar-refractivity contribution in [3.63, 3.8) is 0 Å². The van der Waals surface area contributed by atoms with Crippen LogP contribution in [-0.2, 0) is 29.8 Å². The van der Waals surface area contributed by atoms with Crippen LogP contribution in [0.2, 0.25) is 0 Å². The summed E-state index contributed by atoms with van der Waals surface area (Å²) in [6.07, 6.45) is 1.05. The van der Waals surface area contributed by atoms with Gasteiger partial charge in [0.2, 0.25) is 0 Å². The number of fused-ring (bicyclic) bond motifs is 3. The first-order valence-corrected chi connectivity index (χ1v) is 16.0. The van der Waals surface area contributed by atoms with E-state index in [2.05, 4.69) is 103 Å². The molecule has 0 aliphatic heterocycles. The van der Waals surface area contributed by atoms with Crippen LogP contribution in [0.3, 0.4) is 0 Å². The predicted octanol–water partition coefficient (Wildman–Crippen LogP) is 5.80. The van der Waals surface area contributed by atoms with Crippen molar-refractivity contribution >= 4 is 15.8 Å². The Morgan fingerprint density at radius 3 is 1.78 bits per heavy atom. The fraction of sp³-hybridized carbons (Fsp3) is 0.0333. The molecule has 0 N–H and O–H groups in total. The van der Waals surface area contributed by atoms with Crippen molar-refractivity contribution in [2.75, 3.05) is 0 Å². The molecule has 0 unspecified atom stereocenters. The van der Waals surface area contributed by atoms with Crippen molar-refractivity contribution in [3.8, 4) is 11.1 Å². The Morgan fingerprint density at radius 1 is 0.625 bits per heavy atom. The first kappa shape index (κ1) is 22.5. The zero-order valence-corrected chi connectivity index (χ0v) is 21.4. The normalized spacial score (nSPS) is 10.6. The molecular formula is C30H24SiZr. The Hall–Kier alpha value is -2.67. The summed E-state index contributed by atoms with van der Waals surface area (Å²) < 4.78 is 0. The van der Waals surface area contributed by atoms with Crippen LogP contribution >= 0.6 is 0 Å². The van der Waals surface area contributed by atoms with E-state index in [9.17, 15) is 0 Å². The van der Waals surface area contributed by atoms with Gasteiger partial charge in [0, 0.05) is 0 Å². The van der Waals surface area contributed by atoms with Crippen LogP contribution < -0.4 is 10.4 Å². The molecule has 0 heterocycles. The molecule has 32 heavy (non-hydrogen) atoms. The average Bonchev–Trinajstić information content (AvgIpc) is 3.57. The van der Waals surface area contributed by atoms with Crippen LogP contribution in [0.25, 0.3) is 11.1 Å². The smallest absolute Gasteiger partial charge is 0.0253 e. The molecule has 2 heteroatoms. The van der Waals surface area contributed by atoms with E-state index in [1.165, 1.54) is 32.6 Å². The molecule has 0 fully saturated rings. The fourth-order valence-electron chi connectivity index (χ4n) is 3.69. The van der Waals surface area contributed by atoms with Crippen LogP contribution in [0.4, 0.5) is 0 Å². The molecule has 0 bridgehead atoms. The van der Waals surface area contributed by atoms with Crippen LogP contribution in [0.5, 0.6) is 0 Å². The van der Waals surface area contributed by atoms with E-state index in [0.29, 0.717) is 0 Å². The molecular weight excluding hydrogens is 480 g/mol. The molecule has 0 saturated heterocycles. The molecule has 0 saturated carbocycles. The largest absolute Gasteiger partial charge is 0.214 e. The summed E-state index contributed by atoms with van der Waals surface area (Å²) in [5, 5.41) is 3.03. The number of benzene rings is 4. The van der Waals surface area contributed by atoms with E-state index >= 15 is 0 Å². The van der Waals surface area contributed by atoms with E-state index in [1.807, 2.05) is 36.4 Å². The standard InChI is InChI=1S/C13H9.C12H10Si.C5H5.Zr/c1-3-7-12-10(5-1)9-11-6-2-4-8-13(11)12;1-3-7-11(8-4-1)13-12-9-5-2-6-10-12;1-2-4-5-3-1;/h1-5,7-8H,9H2;1-10H;1-5H;/q-1;;-1;+2. The minimum Gasteiger partial charge on any atom is -0.214 e. The zero-order chi connectivity index (χ0) is 22.0. The Bertz CT molecular complexity index is 1140. The quantitative estimate of drug-likeness (QED) is 0.207. The van der Waals surface area contributed by atoms with Crippen LogP contribution in [0.15, 0.2) is 133 Å². The van der Waals surface area contributed by atoms with E-state index < -0.39 is 5.43 Å². The molecule has 0 aromatic heterocycles. The van der Waals surface area contributed by atoms with Crippen LogP contribution in [0, 0.1) is 6.07 Å². The molecule has 0 atom stereocenters. The fourth-order valence-corrected chi connectivity index (χ4v) is 7.54. The summed E-state index contributed by atoms with van der Waals surface area (Å²) in [6.45, 7) is 0. The van der Waals surface area contributed by atoms with Gasteiger partial charge in [0.05, 0.1) is 0 Å². The van der Waals surface area contributed by atoms with E-state index in [0.717, 1.165) is 6.42 Å². The molecule has 6 rings (SSSR count). The third-order valence-electron chi connectivity index (χ3n) is 5.30. The van der Waals surface area contributed by atoms with Gasteiger partial charge in [-0.1, -0.05) is 35.4 Å². The molecule has 0 spiro atoms. The minimum absolute atomic E-state index is 0.455. The van der Waals surface area contributed by atoms with Gasteiger partial charge in [-0.15, -0.1) is 5.56 Å². The van der Waals surface area contributed by atoms with Gasteiger partial charge in [0.15, 0.2) is 0 Å². The van der Waals surface area contributed by atoms with E-state index in [4.69, 9.17) is 0 Å². The maximum atomic E-state index is 3.30. The van der Waals surface area contributed by atoms with Crippen molar-refractivity contribution in [2.24, 2.45) is 0 Å². The summed E-state index contributed by atoms with van der Waals surface area (Å²) in [4.78, 5) is 0. The van der Waals surface area contributed by atoms with Gasteiger partial charge in [-0.05, 0) is 6.42 Å². The van der Waals surface area contributed by atoms with Gasteiger partial charge in [-0.25, -0.2) is 12.1 Å². The monoisotopic (exact) mass is 502 g/mol. The Labute approximate surface area is 206 Å². The topological polar surface area (TPSA) is 0 Å². The summed E-state index contributed by atoms with van der Waals surface area (Å²) in [7, 11) is 0. The third-order valence-corrected chi connectivity index (χ3v) is 11.4. The molecule has 5 aromatic carbocycles. The van der Waals surface area contributed by atoms with Crippen LogP contribution in [0.1, 0.15) is 11.1 Å². The molecule has 0 radical (unpaired) electrons. The summed E-state index contributed by atoms with van der Waals surface area (Å²) in [5.41, 5.74) is 5.06. The summed E-state index contributed by atoms with van der Waals surface area (Å²) >= 11 is 1.64. The Balaban J connectivity index is 0.000000127. The first-order chi connectivity index (χ1) is 15.8. The van der Waals surface area contributed by atoms with Crippen molar-refractivity contribution in [3.05, 3.63) is 151 Å². The zero-order valence-electron chi connectivity index (χ0n) is 17.9. The van der Waals surface area contributed by atoms with Crippen molar-refractivity contribution < 1.29 is 23.3 Å². The van der Waals surface area contributed by atoms with Crippen molar-refractivity contribution in [1.82, 2.24) is 0 Å². The van der Waals surface area contributed by atoms with Gasteiger partial charge in [0.25, 0.3) is 0 Å². The van der Waals surface area contributed by atoms with Gasteiger partial charge in [-0.2, -0.15) is 48.0 Å². The number of rotatable bonds is 2. The second kappa shape index (κ2) is 11.8. The maximum Gasteiger partial charge on any atom is -0.0253 e. The first-order valence-electron chi connectivity index (χ1n) is 10.8. The molecule has 1 aliphatic rings. The van der Waals surface area contributed by atoms with Crippen LogP contribution in [-0.4, -0.2) is 5.43 Å². The molecule has 0 nitrogen and oxygen atoms in total. The molecule has 1 aliphatic carbocycles. The van der Waals surface area contributed by atoms with Gasteiger partial charge in [0.1, 0.15) is 0 Å². The average molecular weight is 504 g/mol. The SMILES string of the molecule is [Zr+2]=[Si](c1ccccc1)c1ccccc1.[c-]1cccc2c1Cc1ccccc1-2.c1cc[cH-]c1. The van der Waals surface area contributed by atoms with E-state index in [-0.39, 0.29) is 0 Å². The van der Waals surface area contributed by atoms with Gasteiger partial charge >= 0.3 is 99.8 Å². The summed E-state index contributed by atoms with van der Waals surface area (Å²) in [5.74, 6) is 0. The van der Waals surface area contributed by atoms with Gasteiger partial charge in [-0.3, -0.25) is 0 Å².